The van der Waals surface area contributed by atoms with Gasteiger partial charge in [0.05, 0.1) is 13.2 Å². The summed E-state index contributed by atoms with van der Waals surface area (Å²) < 4.78 is 37.6. The molecule has 0 saturated carbocycles. The van der Waals surface area contributed by atoms with Crippen LogP contribution in [0, 0.1) is 12.7 Å². The van der Waals surface area contributed by atoms with E-state index in [-0.39, 0.29) is 67.0 Å². The molecule has 4 heterocycles. The molecule has 48 heavy (non-hydrogen) atoms. The first kappa shape index (κ1) is 34.7. The van der Waals surface area contributed by atoms with Crippen molar-refractivity contribution >= 4 is 30.1 Å². The molecule has 3 aliphatic rings. The molecule has 0 radical (unpaired) electrons. The topological polar surface area (TPSA) is 148 Å². The molecule has 3 aliphatic heterocycles. The highest BCUT2D eigenvalue weighted by Crippen LogP contribution is 2.29. The largest absolute Gasteiger partial charge is 0.493 e. The maximum absolute atomic E-state index is 14.7. The predicted molar refractivity (Wildman–Crippen MR) is 175 cm³/mol. The van der Waals surface area contributed by atoms with E-state index in [1.54, 1.807) is 31.2 Å². The van der Waals surface area contributed by atoms with Gasteiger partial charge in [-0.1, -0.05) is 0 Å². The van der Waals surface area contributed by atoms with E-state index < -0.39 is 47.9 Å². The number of fused-ring (bicyclic) bond motifs is 5. The SMILES string of the molecule is COc1ccc2cc1OCC(=O)N[C@@H]1CN(C(=O)c3c(C)cc(C4CCNCC4)oc3=O)CC[C@@H]1Oc1cc(F)cc(c1)CNC2=O.Cl. The zero-order valence-electron chi connectivity index (χ0n) is 26.6. The van der Waals surface area contributed by atoms with Gasteiger partial charge in [-0.3, -0.25) is 14.4 Å². The second kappa shape index (κ2) is 15.1. The van der Waals surface area contributed by atoms with Crippen LogP contribution in [-0.4, -0.2) is 74.7 Å². The van der Waals surface area contributed by atoms with Crippen molar-refractivity contribution in [3.8, 4) is 17.2 Å². The lowest BCUT2D eigenvalue weighted by Crippen LogP contribution is -2.59. The molecule has 3 N–H and O–H groups in total. The molecule has 3 aromatic rings. The van der Waals surface area contributed by atoms with Crippen molar-refractivity contribution in [3.05, 3.63) is 86.7 Å². The van der Waals surface area contributed by atoms with Crippen LogP contribution >= 0.6 is 12.4 Å². The molecule has 12 nitrogen and oxygen atoms in total. The van der Waals surface area contributed by atoms with Crippen LogP contribution in [0.25, 0.3) is 0 Å². The van der Waals surface area contributed by atoms with Crippen LogP contribution in [0.5, 0.6) is 17.2 Å². The highest BCUT2D eigenvalue weighted by atomic mass is 35.5. The zero-order chi connectivity index (χ0) is 33.1. The van der Waals surface area contributed by atoms with Crippen molar-refractivity contribution in [2.75, 3.05) is 39.9 Å². The summed E-state index contributed by atoms with van der Waals surface area (Å²) in [4.78, 5) is 54.5. The summed E-state index contributed by atoms with van der Waals surface area (Å²) >= 11 is 0. The third kappa shape index (κ3) is 7.74. The molecule has 14 heteroatoms. The lowest BCUT2D eigenvalue weighted by molar-refractivity contribution is -0.125. The van der Waals surface area contributed by atoms with Crippen LogP contribution in [0.1, 0.15) is 62.8 Å². The Morgan fingerprint density at radius 2 is 1.83 bits per heavy atom. The third-order valence-corrected chi connectivity index (χ3v) is 8.76. The summed E-state index contributed by atoms with van der Waals surface area (Å²) in [6, 6.07) is 9.74. The molecular formula is C34H38ClFN4O8. The van der Waals surface area contributed by atoms with Gasteiger partial charge >= 0.3 is 5.63 Å². The first-order valence-corrected chi connectivity index (χ1v) is 15.7. The number of aryl methyl sites for hydroxylation is 1. The van der Waals surface area contributed by atoms with Crippen molar-refractivity contribution in [3.63, 3.8) is 0 Å². The number of carbonyl (C=O) groups is 3. The number of nitrogens with zero attached hydrogens (tertiary/aromatic N) is 1. The minimum Gasteiger partial charge on any atom is -0.493 e. The molecule has 1 aromatic heterocycles. The maximum Gasteiger partial charge on any atom is 0.349 e. The molecule has 6 rings (SSSR count). The Labute approximate surface area is 282 Å². The Morgan fingerprint density at radius 3 is 2.58 bits per heavy atom. The van der Waals surface area contributed by atoms with Crippen molar-refractivity contribution < 1.29 is 37.4 Å². The molecule has 2 fully saturated rings. The number of benzene rings is 2. The van der Waals surface area contributed by atoms with Crippen LogP contribution < -0.4 is 35.8 Å². The predicted octanol–water partition coefficient (Wildman–Crippen LogP) is 3.09. The summed E-state index contributed by atoms with van der Waals surface area (Å²) in [7, 11) is 1.44. The van der Waals surface area contributed by atoms with Gasteiger partial charge in [0.2, 0.25) is 0 Å². The van der Waals surface area contributed by atoms with Crippen molar-refractivity contribution in [2.45, 2.75) is 50.8 Å². The van der Waals surface area contributed by atoms with Gasteiger partial charge in [-0.2, -0.15) is 0 Å². The molecule has 4 bridgehead atoms. The number of amides is 3. The van der Waals surface area contributed by atoms with Crippen LogP contribution in [-0.2, 0) is 11.3 Å². The summed E-state index contributed by atoms with van der Waals surface area (Å²) in [5, 5.41) is 8.94. The van der Waals surface area contributed by atoms with E-state index in [4.69, 9.17) is 18.6 Å². The first-order chi connectivity index (χ1) is 22.7. The standard InChI is InChI=1S/C34H37FN4O8.ClH/c1-19-11-28(21-5-8-36-9-6-21)47-34(43)31(19)33(42)39-10-7-26-25(17-39)38-30(40)18-45-29-14-22(3-4-27(29)44-2)32(41)37-16-20-12-23(35)15-24(13-20)46-26;/h3-4,11-15,21,25-26,36H,5-10,16-18H2,1-2H3,(H,37,41)(H,38,40);1H/t25-,26+;/m1./s1. The molecule has 3 amide bonds. The number of hydrogen-bond acceptors (Lipinski definition) is 9. The smallest absolute Gasteiger partial charge is 0.349 e. The van der Waals surface area contributed by atoms with E-state index in [9.17, 15) is 23.6 Å². The van der Waals surface area contributed by atoms with Gasteiger partial charge in [-0.25, -0.2) is 9.18 Å². The Bertz CT molecular complexity index is 1740. The number of carbonyl (C=O) groups excluding carboxylic acids is 3. The Kier molecular flexibility index (Phi) is 10.9. The van der Waals surface area contributed by atoms with Crippen LogP contribution in [0.3, 0.4) is 0 Å². The van der Waals surface area contributed by atoms with Crippen molar-refractivity contribution in [1.29, 1.82) is 0 Å². The second-order valence-corrected chi connectivity index (χ2v) is 12.0. The van der Waals surface area contributed by atoms with E-state index >= 15 is 0 Å². The minimum absolute atomic E-state index is 0. The van der Waals surface area contributed by atoms with Gasteiger partial charge < -0.3 is 39.5 Å². The number of ether oxygens (including phenoxy) is 3. The average molecular weight is 685 g/mol. The quantitative estimate of drug-likeness (QED) is 0.379. The lowest BCUT2D eigenvalue weighted by atomic mass is 9.93. The van der Waals surface area contributed by atoms with Gasteiger partial charge in [0.1, 0.15) is 29.0 Å². The number of likely N-dealkylation sites (tertiary alicyclic amines) is 1. The van der Waals surface area contributed by atoms with E-state index in [0.717, 1.165) is 25.9 Å². The van der Waals surface area contributed by atoms with E-state index in [2.05, 4.69) is 16.0 Å². The number of nitrogens with one attached hydrogen (secondary N) is 3. The van der Waals surface area contributed by atoms with Crippen molar-refractivity contribution in [1.82, 2.24) is 20.9 Å². The Morgan fingerprint density at radius 1 is 1.04 bits per heavy atom. The molecular weight excluding hydrogens is 647 g/mol. The number of halogens is 2. The third-order valence-electron chi connectivity index (χ3n) is 8.76. The van der Waals surface area contributed by atoms with E-state index in [0.29, 0.717) is 22.6 Å². The van der Waals surface area contributed by atoms with Gasteiger partial charge in [0.25, 0.3) is 17.7 Å². The fourth-order valence-corrected chi connectivity index (χ4v) is 6.32. The Hall–Kier alpha value is -4.62. The summed E-state index contributed by atoms with van der Waals surface area (Å²) in [5.74, 6) is -0.618. The highest BCUT2D eigenvalue weighted by Gasteiger charge is 2.36. The number of piperidine rings is 2. The highest BCUT2D eigenvalue weighted by molar-refractivity contribution is 5.95. The van der Waals surface area contributed by atoms with Gasteiger partial charge in [-0.05, 0) is 80.4 Å². The molecule has 0 aliphatic carbocycles. The fourth-order valence-electron chi connectivity index (χ4n) is 6.32. The number of hydrogen-bond donors (Lipinski definition) is 3. The summed E-state index contributed by atoms with van der Waals surface area (Å²) in [5.41, 5.74) is 0.519. The number of methoxy groups -OCH3 is 1. The number of rotatable bonds is 3. The average Bonchev–Trinajstić information content (AvgIpc) is 3.06. The van der Waals surface area contributed by atoms with Crippen LogP contribution in [0.4, 0.5) is 4.39 Å². The van der Waals surface area contributed by atoms with E-state index in [1.807, 2.05) is 0 Å². The van der Waals surface area contributed by atoms with Gasteiger partial charge in [0.15, 0.2) is 18.1 Å². The minimum atomic E-state index is -0.738. The van der Waals surface area contributed by atoms with Crippen LogP contribution in [0.2, 0.25) is 0 Å². The summed E-state index contributed by atoms with van der Waals surface area (Å²) in [6.07, 6.45) is 1.30. The summed E-state index contributed by atoms with van der Waals surface area (Å²) in [6.45, 7) is 3.21. The molecule has 2 atom stereocenters. The zero-order valence-corrected chi connectivity index (χ0v) is 27.5. The van der Waals surface area contributed by atoms with E-state index in [1.165, 1.54) is 30.2 Å². The normalized spacial score (nSPS) is 20.2. The molecule has 256 valence electrons. The maximum atomic E-state index is 14.7. The second-order valence-electron chi connectivity index (χ2n) is 12.0. The van der Waals surface area contributed by atoms with Crippen LogP contribution in [0.15, 0.2) is 51.7 Å². The molecule has 0 spiro atoms. The molecule has 0 unspecified atom stereocenters. The Balaban J connectivity index is 0.00000451. The molecule has 2 saturated heterocycles. The lowest BCUT2D eigenvalue weighted by Gasteiger charge is -2.39. The van der Waals surface area contributed by atoms with Gasteiger partial charge in [-0.15, -0.1) is 12.4 Å². The first-order valence-electron chi connectivity index (χ1n) is 15.7. The monoisotopic (exact) mass is 684 g/mol. The molecule has 2 aromatic carbocycles. The van der Waals surface area contributed by atoms with Crippen molar-refractivity contribution in [2.24, 2.45) is 0 Å². The van der Waals surface area contributed by atoms with Gasteiger partial charge in [0, 0.05) is 43.6 Å². The fraction of sp³-hybridized carbons (Fsp3) is 0.412.